The first-order valence-electron chi connectivity index (χ1n) is 6.34. The highest BCUT2D eigenvalue weighted by Crippen LogP contribution is 2.15. The second kappa shape index (κ2) is 6.10. The van der Waals surface area contributed by atoms with Crippen molar-refractivity contribution in [2.45, 2.75) is 13.3 Å². The molecule has 0 N–H and O–H groups in total. The number of ketones is 2. The average Bonchev–Trinajstić information content (AvgIpc) is 2.46. The number of hydrogen-bond acceptors (Lipinski definition) is 3. The number of hydrogen-bond donors (Lipinski definition) is 0. The van der Waals surface area contributed by atoms with Crippen LogP contribution in [0.1, 0.15) is 38.8 Å². The third-order valence-electron chi connectivity index (χ3n) is 3.06. The van der Waals surface area contributed by atoms with E-state index in [1.54, 1.807) is 24.3 Å². The second-order valence-corrected chi connectivity index (χ2v) is 4.66. The fourth-order valence-electron chi connectivity index (χ4n) is 2.13. The Labute approximate surface area is 121 Å². The first-order valence-corrected chi connectivity index (χ1v) is 6.34. The molecule has 21 heavy (non-hydrogen) atoms. The zero-order chi connectivity index (χ0) is 15.4. The second-order valence-electron chi connectivity index (χ2n) is 4.66. The summed E-state index contributed by atoms with van der Waals surface area (Å²) in [5.74, 6) is -1.04. The quantitative estimate of drug-likeness (QED) is 0.808. The van der Waals surface area contributed by atoms with Crippen LogP contribution in [0.15, 0.2) is 42.5 Å². The number of carbonyl (C=O) groups excluding carboxylic acids is 2. The van der Waals surface area contributed by atoms with Crippen molar-refractivity contribution >= 4 is 11.6 Å². The SMILES string of the molecule is CC(=O)c1ccccc1C(=O)Cc1cc(F)cc(C#N)c1. The van der Waals surface area contributed by atoms with Crippen molar-refractivity contribution in [3.8, 4) is 6.07 Å². The molecule has 3 nitrogen and oxygen atoms in total. The van der Waals surface area contributed by atoms with Crippen LogP contribution in [0.3, 0.4) is 0 Å². The highest BCUT2D eigenvalue weighted by atomic mass is 19.1. The maximum atomic E-state index is 13.4. The Morgan fingerprint density at radius 3 is 2.43 bits per heavy atom. The van der Waals surface area contributed by atoms with E-state index in [4.69, 9.17) is 5.26 Å². The van der Waals surface area contributed by atoms with Crippen molar-refractivity contribution in [2.24, 2.45) is 0 Å². The molecule has 0 bridgehead atoms. The third kappa shape index (κ3) is 3.40. The number of rotatable bonds is 4. The van der Waals surface area contributed by atoms with E-state index in [0.717, 1.165) is 6.07 Å². The minimum absolute atomic E-state index is 0.0588. The number of benzene rings is 2. The topological polar surface area (TPSA) is 57.9 Å². The molecule has 0 aliphatic heterocycles. The van der Waals surface area contributed by atoms with Crippen LogP contribution in [0.4, 0.5) is 4.39 Å². The molecular weight excluding hydrogens is 269 g/mol. The molecule has 0 saturated carbocycles. The first-order chi connectivity index (χ1) is 10.0. The zero-order valence-electron chi connectivity index (χ0n) is 11.4. The van der Waals surface area contributed by atoms with E-state index >= 15 is 0 Å². The van der Waals surface area contributed by atoms with Crippen molar-refractivity contribution in [1.82, 2.24) is 0 Å². The molecule has 2 aromatic rings. The van der Waals surface area contributed by atoms with Crippen molar-refractivity contribution in [1.29, 1.82) is 5.26 Å². The summed E-state index contributed by atoms with van der Waals surface area (Å²) in [5, 5.41) is 8.81. The van der Waals surface area contributed by atoms with Gasteiger partial charge in [-0.1, -0.05) is 24.3 Å². The highest BCUT2D eigenvalue weighted by molar-refractivity contribution is 6.08. The minimum atomic E-state index is -0.559. The summed E-state index contributed by atoms with van der Waals surface area (Å²) in [7, 11) is 0. The van der Waals surface area contributed by atoms with Gasteiger partial charge in [-0.2, -0.15) is 5.26 Å². The van der Waals surface area contributed by atoms with Crippen molar-refractivity contribution < 1.29 is 14.0 Å². The van der Waals surface area contributed by atoms with Crippen molar-refractivity contribution in [3.63, 3.8) is 0 Å². The zero-order valence-corrected chi connectivity index (χ0v) is 11.4. The molecule has 2 rings (SSSR count). The van der Waals surface area contributed by atoms with Gasteiger partial charge in [-0.05, 0) is 30.7 Å². The molecule has 0 unspecified atom stereocenters. The number of Topliss-reactive ketones (excluding diaryl/α,β-unsaturated/α-hetero) is 2. The van der Waals surface area contributed by atoms with Gasteiger partial charge in [0, 0.05) is 17.5 Å². The van der Waals surface area contributed by atoms with Crippen LogP contribution in [0.5, 0.6) is 0 Å². The predicted molar refractivity (Wildman–Crippen MR) is 75.6 cm³/mol. The molecular formula is C17H12FNO2. The fourth-order valence-corrected chi connectivity index (χ4v) is 2.13. The maximum absolute atomic E-state index is 13.4. The molecule has 0 heterocycles. The smallest absolute Gasteiger partial charge is 0.167 e. The normalized spacial score (nSPS) is 9.95. The van der Waals surface area contributed by atoms with Gasteiger partial charge in [-0.3, -0.25) is 9.59 Å². The summed E-state index contributed by atoms with van der Waals surface area (Å²) in [4.78, 5) is 23.8. The van der Waals surface area contributed by atoms with Gasteiger partial charge in [-0.25, -0.2) is 4.39 Å². The van der Waals surface area contributed by atoms with Crippen LogP contribution in [0.25, 0.3) is 0 Å². The Morgan fingerprint density at radius 1 is 1.14 bits per heavy atom. The van der Waals surface area contributed by atoms with Gasteiger partial charge in [-0.15, -0.1) is 0 Å². The van der Waals surface area contributed by atoms with Crippen molar-refractivity contribution in [3.05, 3.63) is 70.5 Å². The molecule has 0 saturated heterocycles. The van der Waals surface area contributed by atoms with Gasteiger partial charge in [0.05, 0.1) is 11.6 Å². The molecule has 0 radical (unpaired) electrons. The first kappa shape index (κ1) is 14.6. The summed E-state index contributed by atoms with van der Waals surface area (Å²) in [5.41, 5.74) is 1.24. The van der Waals surface area contributed by atoms with Gasteiger partial charge in [0.25, 0.3) is 0 Å². The molecule has 0 aromatic heterocycles. The summed E-state index contributed by atoms with van der Waals surface area (Å²) >= 11 is 0. The van der Waals surface area contributed by atoms with Crippen LogP contribution < -0.4 is 0 Å². The van der Waals surface area contributed by atoms with Crippen LogP contribution in [-0.2, 0) is 6.42 Å². The van der Waals surface area contributed by atoms with Crippen molar-refractivity contribution in [2.75, 3.05) is 0 Å². The Hall–Kier alpha value is -2.80. The molecule has 0 spiro atoms. The van der Waals surface area contributed by atoms with Gasteiger partial charge >= 0.3 is 0 Å². The molecule has 0 amide bonds. The number of carbonyl (C=O) groups is 2. The molecule has 104 valence electrons. The van der Waals surface area contributed by atoms with Crippen LogP contribution in [0.2, 0.25) is 0 Å². The number of nitriles is 1. The van der Waals surface area contributed by atoms with Crippen LogP contribution in [0, 0.1) is 17.1 Å². The molecule has 2 aromatic carbocycles. The molecule has 0 aliphatic rings. The largest absolute Gasteiger partial charge is 0.294 e. The number of halogens is 1. The van der Waals surface area contributed by atoms with Gasteiger partial charge in [0.1, 0.15) is 5.82 Å². The summed E-state index contributed by atoms with van der Waals surface area (Å²) in [6.07, 6.45) is -0.0588. The Bertz CT molecular complexity index is 760. The molecule has 0 atom stereocenters. The highest BCUT2D eigenvalue weighted by Gasteiger charge is 2.15. The fraction of sp³-hybridized carbons (Fsp3) is 0.118. The average molecular weight is 281 g/mol. The van der Waals surface area contributed by atoms with Crippen LogP contribution in [-0.4, -0.2) is 11.6 Å². The summed E-state index contributed by atoms with van der Waals surface area (Å²) in [6, 6.07) is 12.2. The molecule has 4 heteroatoms. The lowest BCUT2D eigenvalue weighted by Crippen LogP contribution is -2.09. The van der Waals surface area contributed by atoms with E-state index in [0.29, 0.717) is 16.7 Å². The van der Waals surface area contributed by atoms with E-state index in [9.17, 15) is 14.0 Å². The van der Waals surface area contributed by atoms with Gasteiger partial charge < -0.3 is 0 Å². The summed E-state index contributed by atoms with van der Waals surface area (Å²) in [6.45, 7) is 1.39. The van der Waals surface area contributed by atoms with E-state index in [-0.39, 0.29) is 23.6 Å². The summed E-state index contributed by atoms with van der Waals surface area (Å²) < 4.78 is 13.4. The standard InChI is InChI=1S/C17H12FNO2/c1-11(20)15-4-2-3-5-16(15)17(21)9-12-6-13(10-19)8-14(18)7-12/h2-8H,9H2,1H3. The Balaban J connectivity index is 2.33. The Kier molecular flexibility index (Phi) is 4.24. The third-order valence-corrected chi connectivity index (χ3v) is 3.06. The Morgan fingerprint density at radius 2 is 1.81 bits per heavy atom. The van der Waals surface area contributed by atoms with E-state index in [1.807, 2.05) is 6.07 Å². The molecule has 0 fully saturated rings. The van der Waals surface area contributed by atoms with Gasteiger partial charge in [0.15, 0.2) is 11.6 Å². The van der Waals surface area contributed by atoms with E-state index in [1.165, 1.54) is 19.1 Å². The van der Waals surface area contributed by atoms with E-state index in [2.05, 4.69) is 0 Å². The lowest BCUT2D eigenvalue weighted by Gasteiger charge is -2.06. The molecule has 0 aliphatic carbocycles. The lowest BCUT2D eigenvalue weighted by atomic mass is 9.96. The minimum Gasteiger partial charge on any atom is -0.294 e. The monoisotopic (exact) mass is 281 g/mol. The predicted octanol–water partition coefficient (Wildman–Crippen LogP) is 3.33. The van der Waals surface area contributed by atoms with Gasteiger partial charge in [0.2, 0.25) is 0 Å². The van der Waals surface area contributed by atoms with E-state index < -0.39 is 5.82 Å². The maximum Gasteiger partial charge on any atom is 0.167 e. The number of nitrogens with zero attached hydrogens (tertiary/aromatic N) is 1. The van der Waals surface area contributed by atoms with Crippen LogP contribution >= 0.6 is 0 Å². The lowest BCUT2D eigenvalue weighted by molar-refractivity contribution is 0.0969.